The van der Waals surface area contributed by atoms with Crippen molar-refractivity contribution in [1.29, 1.82) is 0 Å². The Labute approximate surface area is 128 Å². The minimum atomic E-state index is 1.13. The molecule has 0 spiro atoms. The van der Waals surface area contributed by atoms with Gasteiger partial charge in [0.25, 0.3) is 0 Å². The lowest BCUT2D eigenvalue weighted by molar-refractivity contribution is 1.46. The van der Waals surface area contributed by atoms with E-state index in [4.69, 9.17) is 0 Å². The van der Waals surface area contributed by atoms with Crippen LogP contribution < -0.4 is 0 Å². The molecule has 3 aromatic rings. The average molecular weight is 323 g/mol. The van der Waals surface area contributed by atoms with Crippen molar-refractivity contribution in [3.8, 4) is 22.3 Å². The molecule has 0 aromatic heterocycles. The summed E-state index contributed by atoms with van der Waals surface area (Å²) >= 11 is 3.70. The van der Waals surface area contributed by atoms with Gasteiger partial charge in [-0.15, -0.1) is 0 Å². The summed E-state index contributed by atoms with van der Waals surface area (Å²) in [5.41, 5.74) is 6.26. The van der Waals surface area contributed by atoms with Gasteiger partial charge < -0.3 is 0 Å². The smallest absolute Gasteiger partial charge is 0.0259 e. The zero-order valence-corrected chi connectivity index (χ0v) is 12.9. The van der Waals surface area contributed by atoms with E-state index in [-0.39, 0.29) is 0 Å². The predicted molar refractivity (Wildman–Crippen MR) is 89.8 cm³/mol. The Morgan fingerprint density at radius 1 is 0.650 bits per heavy atom. The van der Waals surface area contributed by atoms with Crippen LogP contribution in [0.3, 0.4) is 0 Å². The number of benzene rings is 3. The third-order valence-electron chi connectivity index (χ3n) is 3.44. The van der Waals surface area contributed by atoms with Gasteiger partial charge in [0.15, 0.2) is 0 Å². The lowest BCUT2D eigenvalue weighted by atomic mass is 9.94. The summed E-state index contributed by atoms with van der Waals surface area (Å²) in [5.74, 6) is 0. The first-order valence-electron chi connectivity index (χ1n) is 6.67. The van der Waals surface area contributed by atoms with Crippen molar-refractivity contribution >= 4 is 15.9 Å². The molecule has 98 valence electrons. The Balaban J connectivity index is 2.22. The maximum atomic E-state index is 3.70. The van der Waals surface area contributed by atoms with Crippen molar-refractivity contribution in [2.75, 3.05) is 0 Å². The summed E-state index contributed by atoms with van der Waals surface area (Å²) in [6, 6.07) is 25.5. The van der Waals surface area contributed by atoms with Crippen molar-refractivity contribution in [3.63, 3.8) is 0 Å². The first-order chi connectivity index (χ1) is 9.75. The normalized spacial score (nSPS) is 10.5. The minimum absolute atomic E-state index is 1.13. The Kier molecular flexibility index (Phi) is 3.70. The van der Waals surface area contributed by atoms with E-state index in [0.29, 0.717) is 0 Å². The van der Waals surface area contributed by atoms with Crippen LogP contribution in [-0.4, -0.2) is 0 Å². The van der Waals surface area contributed by atoms with E-state index in [2.05, 4.69) is 89.6 Å². The Morgan fingerprint density at radius 3 is 2.05 bits per heavy atom. The van der Waals surface area contributed by atoms with Crippen LogP contribution in [0.5, 0.6) is 0 Å². The second-order valence-corrected chi connectivity index (χ2v) is 5.75. The number of rotatable bonds is 2. The molecule has 0 aliphatic heterocycles. The molecular formula is C19H15Br. The van der Waals surface area contributed by atoms with Gasteiger partial charge >= 0.3 is 0 Å². The zero-order chi connectivity index (χ0) is 13.9. The number of halogens is 1. The lowest BCUT2D eigenvalue weighted by Gasteiger charge is -2.12. The number of hydrogen-bond acceptors (Lipinski definition) is 0. The van der Waals surface area contributed by atoms with Crippen molar-refractivity contribution in [2.24, 2.45) is 0 Å². The summed E-state index contributed by atoms with van der Waals surface area (Å²) < 4.78 is 1.13. The van der Waals surface area contributed by atoms with Gasteiger partial charge in [0, 0.05) is 10.0 Å². The third-order valence-corrected chi connectivity index (χ3v) is 4.10. The second kappa shape index (κ2) is 5.64. The maximum absolute atomic E-state index is 3.70. The molecule has 0 fully saturated rings. The lowest BCUT2D eigenvalue weighted by Crippen LogP contribution is -1.87. The van der Waals surface area contributed by atoms with Gasteiger partial charge in [-0.2, -0.15) is 0 Å². The summed E-state index contributed by atoms with van der Waals surface area (Å²) in [6.45, 7) is 2.11. The molecule has 0 saturated heterocycles. The molecule has 0 heterocycles. The van der Waals surface area contributed by atoms with Crippen molar-refractivity contribution in [3.05, 3.63) is 82.8 Å². The molecule has 0 nitrogen and oxygen atoms in total. The van der Waals surface area contributed by atoms with E-state index in [1.165, 1.54) is 27.8 Å². The molecule has 3 rings (SSSR count). The van der Waals surface area contributed by atoms with Crippen LogP contribution in [0.2, 0.25) is 0 Å². The quantitative estimate of drug-likeness (QED) is 0.535. The molecule has 20 heavy (non-hydrogen) atoms. The van der Waals surface area contributed by atoms with Crippen LogP contribution >= 0.6 is 15.9 Å². The van der Waals surface area contributed by atoms with Crippen LogP contribution in [0.4, 0.5) is 0 Å². The fourth-order valence-electron chi connectivity index (χ4n) is 2.40. The van der Waals surface area contributed by atoms with Gasteiger partial charge in [-0.1, -0.05) is 88.2 Å². The molecule has 0 saturated carbocycles. The fraction of sp³-hybridized carbons (Fsp3) is 0.0526. The summed E-state index contributed by atoms with van der Waals surface area (Å²) in [4.78, 5) is 0. The first kappa shape index (κ1) is 13.1. The molecule has 1 heteroatoms. The largest absolute Gasteiger partial charge is 0.0622 e. The summed E-state index contributed by atoms with van der Waals surface area (Å²) in [7, 11) is 0. The molecule has 0 aliphatic rings. The molecule has 0 amide bonds. The Hall–Kier alpha value is -1.86. The van der Waals surface area contributed by atoms with E-state index < -0.39 is 0 Å². The topological polar surface area (TPSA) is 0 Å². The highest BCUT2D eigenvalue weighted by Gasteiger charge is 2.10. The summed E-state index contributed by atoms with van der Waals surface area (Å²) in [6.07, 6.45) is 0. The van der Waals surface area contributed by atoms with Crippen molar-refractivity contribution < 1.29 is 0 Å². The van der Waals surface area contributed by atoms with Gasteiger partial charge in [0.2, 0.25) is 0 Å². The predicted octanol–water partition coefficient (Wildman–Crippen LogP) is 6.09. The maximum Gasteiger partial charge on any atom is 0.0259 e. The molecule has 0 bridgehead atoms. The van der Waals surface area contributed by atoms with Crippen LogP contribution in [0, 0.1) is 6.92 Å². The van der Waals surface area contributed by atoms with E-state index >= 15 is 0 Å². The fourth-order valence-corrected chi connectivity index (χ4v) is 2.99. The van der Waals surface area contributed by atoms with E-state index in [1.54, 1.807) is 0 Å². The molecular weight excluding hydrogens is 308 g/mol. The van der Waals surface area contributed by atoms with Crippen molar-refractivity contribution in [2.45, 2.75) is 6.92 Å². The van der Waals surface area contributed by atoms with E-state index in [1.807, 2.05) is 6.07 Å². The molecule has 0 N–H and O–H groups in total. The molecule has 0 unspecified atom stereocenters. The first-order valence-corrected chi connectivity index (χ1v) is 7.46. The van der Waals surface area contributed by atoms with Gasteiger partial charge in [0.1, 0.15) is 0 Å². The summed E-state index contributed by atoms with van der Waals surface area (Å²) in [5, 5.41) is 0. The number of aryl methyl sites for hydroxylation is 1. The highest BCUT2D eigenvalue weighted by Crippen LogP contribution is 2.37. The van der Waals surface area contributed by atoms with Gasteiger partial charge in [-0.05, 0) is 29.7 Å². The van der Waals surface area contributed by atoms with E-state index in [0.717, 1.165) is 4.47 Å². The van der Waals surface area contributed by atoms with Crippen molar-refractivity contribution in [1.82, 2.24) is 0 Å². The standard InChI is InChI=1S/C19H15Br/c1-14-10-12-16(13-11-14)19-17(8-5-9-18(19)20)15-6-3-2-4-7-15/h2-13H,1H3. The van der Waals surface area contributed by atoms with E-state index in [9.17, 15) is 0 Å². The van der Waals surface area contributed by atoms with Gasteiger partial charge in [-0.3, -0.25) is 0 Å². The highest BCUT2D eigenvalue weighted by molar-refractivity contribution is 9.10. The number of hydrogen-bond donors (Lipinski definition) is 0. The van der Waals surface area contributed by atoms with Crippen LogP contribution in [0.25, 0.3) is 22.3 Å². The molecule has 0 radical (unpaired) electrons. The Bertz CT molecular complexity index is 713. The SMILES string of the molecule is Cc1ccc(-c2c(Br)cccc2-c2ccccc2)cc1. The Morgan fingerprint density at radius 2 is 1.35 bits per heavy atom. The molecule has 0 aliphatic carbocycles. The van der Waals surface area contributed by atoms with Crippen LogP contribution in [0.15, 0.2) is 77.3 Å². The minimum Gasteiger partial charge on any atom is -0.0622 e. The highest BCUT2D eigenvalue weighted by atomic mass is 79.9. The second-order valence-electron chi connectivity index (χ2n) is 4.89. The van der Waals surface area contributed by atoms with Crippen LogP contribution in [-0.2, 0) is 0 Å². The van der Waals surface area contributed by atoms with Crippen LogP contribution in [0.1, 0.15) is 5.56 Å². The zero-order valence-electron chi connectivity index (χ0n) is 11.3. The van der Waals surface area contributed by atoms with Gasteiger partial charge in [0.05, 0.1) is 0 Å². The molecule has 3 aromatic carbocycles. The molecule has 0 atom stereocenters. The van der Waals surface area contributed by atoms with Gasteiger partial charge in [-0.25, -0.2) is 0 Å². The average Bonchev–Trinajstić information content (AvgIpc) is 2.49. The third kappa shape index (κ3) is 2.54. The monoisotopic (exact) mass is 322 g/mol.